The Bertz CT molecular complexity index is 762. The van der Waals surface area contributed by atoms with Gasteiger partial charge in [0.05, 0.1) is 5.69 Å². The van der Waals surface area contributed by atoms with Crippen LogP contribution in [-0.2, 0) is 9.47 Å². The van der Waals surface area contributed by atoms with Gasteiger partial charge in [-0.05, 0) is 90.3 Å². The molecule has 1 aliphatic heterocycles. The van der Waals surface area contributed by atoms with Gasteiger partial charge in [-0.3, -0.25) is 0 Å². The molecule has 8 heteroatoms. The van der Waals surface area contributed by atoms with Crippen LogP contribution >= 0.6 is 21.0 Å². The van der Waals surface area contributed by atoms with Gasteiger partial charge in [-0.25, -0.2) is 9.59 Å². The van der Waals surface area contributed by atoms with Gasteiger partial charge in [0.2, 0.25) is 0 Å². The monoisotopic (exact) mass is 487 g/mol. The predicted molar refractivity (Wildman–Crippen MR) is 116 cm³/mol. The number of ether oxygens (including phenoxy) is 2. The summed E-state index contributed by atoms with van der Waals surface area (Å²) in [5.41, 5.74) is -0.171. The number of hydrogen-bond donors (Lipinski definition) is 0. The average molecular weight is 487 g/mol. The molecule has 148 valence electrons. The lowest BCUT2D eigenvalue weighted by Gasteiger charge is -2.30. The highest BCUT2D eigenvalue weighted by Crippen LogP contribution is 2.33. The summed E-state index contributed by atoms with van der Waals surface area (Å²) in [6, 6.07) is 4.75. The number of rotatable bonds is 1. The number of halogens is 1. The fourth-order valence-electron chi connectivity index (χ4n) is 2.15. The third-order valence-electron chi connectivity index (χ3n) is 3.10. The van der Waals surface area contributed by atoms with Crippen molar-refractivity contribution in [2.24, 2.45) is 0 Å². The quantitative estimate of drug-likeness (QED) is 0.391. The summed E-state index contributed by atoms with van der Waals surface area (Å²) in [5.74, 6) is 0. The number of carbonyl (C=O) groups is 2. The number of imide groups is 1. The van der Waals surface area contributed by atoms with Crippen molar-refractivity contribution in [1.82, 2.24) is 0 Å². The van der Waals surface area contributed by atoms with E-state index in [-0.39, 0.29) is 5.69 Å². The van der Waals surface area contributed by atoms with Gasteiger partial charge in [0.15, 0.2) is 0 Å². The maximum absolute atomic E-state index is 12.7. The van der Waals surface area contributed by atoms with E-state index in [1.165, 1.54) is 0 Å². The molecule has 0 radical (unpaired) electrons. The van der Waals surface area contributed by atoms with Crippen LogP contribution in [0.5, 0.6) is 0 Å². The first-order valence-electron chi connectivity index (χ1n) is 8.38. The molecule has 0 fully saturated rings. The van der Waals surface area contributed by atoms with Crippen molar-refractivity contribution >= 4 is 54.7 Å². The van der Waals surface area contributed by atoms with Crippen molar-refractivity contribution in [2.45, 2.75) is 52.7 Å². The summed E-state index contributed by atoms with van der Waals surface area (Å²) in [7, 11) is 0. The van der Waals surface area contributed by atoms with Crippen LogP contribution in [0.25, 0.3) is 6.08 Å². The smallest absolute Gasteiger partial charge is 0.424 e. The molecule has 0 aromatic heterocycles. The van der Waals surface area contributed by atoms with E-state index in [0.29, 0.717) is 11.3 Å². The summed E-state index contributed by atoms with van der Waals surface area (Å²) in [6.07, 6.45) is 1.90. The Morgan fingerprint density at radius 1 is 1.04 bits per heavy atom. The van der Waals surface area contributed by atoms with Gasteiger partial charge < -0.3 is 18.0 Å². The van der Waals surface area contributed by atoms with Crippen molar-refractivity contribution in [3.8, 4) is 0 Å². The molecule has 0 spiro atoms. The van der Waals surface area contributed by atoms with E-state index >= 15 is 0 Å². The third kappa shape index (κ3) is 6.03. The molecule has 7 nitrogen and oxygen atoms in total. The first-order valence-corrected chi connectivity index (χ1v) is 10.6. The fourth-order valence-corrected chi connectivity index (χ4v) is 3.58. The molecule has 0 saturated carbocycles. The minimum atomic E-state index is -0.840. The number of carbonyl (C=O) groups excluding carboxylic acids is 2. The standard InChI is InChI=1S/C19H24IN2O5/c1-18(2,3)26-16(23)21(17(24)27-19(4,5)6)14-9-10-15-13(12-14)8-7-11-20-22(15)25/h7-12H,1-6H3/q-1. The molecule has 0 saturated heterocycles. The molecule has 27 heavy (non-hydrogen) atoms. The zero-order chi connectivity index (χ0) is 20.4. The van der Waals surface area contributed by atoms with Crippen molar-refractivity contribution in [3.63, 3.8) is 0 Å². The summed E-state index contributed by atoms with van der Waals surface area (Å²) < 4.78 is 13.5. The van der Waals surface area contributed by atoms with Crippen LogP contribution in [-0.4, -0.2) is 27.4 Å². The van der Waals surface area contributed by atoms with Crippen molar-refractivity contribution in [3.05, 3.63) is 35.0 Å². The largest absolute Gasteiger partial charge is 0.750 e. The SMILES string of the molecule is CC(C)(C)OC(=O)N(C(=O)OC(C)(C)C)c1ccc2c(c1)C=CC=IN2[O-]. The fraction of sp³-hybridized carbons (Fsp3) is 0.421. The van der Waals surface area contributed by atoms with Crippen molar-refractivity contribution < 1.29 is 19.1 Å². The van der Waals surface area contributed by atoms with Gasteiger partial charge in [-0.15, -0.1) is 0 Å². The molecule has 0 atom stereocenters. The molecule has 1 heterocycles. The van der Waals surface area contributed by atoms with Crippen LogP contribution in [0.1, 0.15) is 47.1 Å². The molecule has 0 unspecified atom stereocenters. The van der Waals surface area contributed by atoms with E-state index in [1.54, 1.807) is 71.9 Å². The lowest BCUT2D eigenvalue weighted by Crippen LogP contribution is -2.43. The lowest BCUT2D eigenvalue weighted by atomic mass is 10.1. The molecule has 0 N–H and O–H groups in total. The van der Waals surface area contributed by atoms with E-state index in [4.69, 9.17) is 9.47 Å². The highest BCUT2D eigenvalue weighted by Gasteiger charge is 2.32. The van der Waals surface area contributed by atoms with Gasteiger partial charge in [0.25, 0.3) is 0 Å². The third-order valence-corrected chi connectivity index (χ3v) is 4.87. The Morgan fingerprint density at radius 3 is 2.11 bits per heavy atom. The van der Waals surface area contributed by atoms with Crippen LogP contribution in [0.15, 0.2) is 24.3 Å². The number of allylic oxidation sites excluding steroid dienone is 1. The average Bonchev–Trinajstić information content (AvgIpc) is 2.65. The van der Waals surface area contributed by atoms with Crippen LogP contribution in [0, 0.1) is 5.21 Å². The van der Waals surface area contributed by atoms with Gasteiger partial charge >= 0.3 is 12.2 Å². The molecule has 0 bridgehead atoms. The Labute approximate surface area is 169 Å². The lowest BCUT2D eigenvalue weighted by molar-refractivity contribution is 0.0431. The summed E-state index contributed by atoms with van der Waals surface area (Å²) in [6.45, 7) is 10.3. The molecular formula is C19H24IN2O5-. The Balaban J connectivity index is 2.46. The number of hydrogen-bond acceptors (Lipinski definition) is 6. The molecule has 2 rings (SSSR count). The Morgan fingerprint density at radius 2 is 1.59 bits per heavy atom. The van der Waals surface area contributed by atoms with Crippen molar-refractivity contribution in [1.29, 1.82) is 0 Å². The first-order chi connectivity index (χ1) is 12.4. The number of amides is 2. The van der Waals surface area contributed by atoms with E-state index in [2.05, 4.69) is 0 Å². The molecule has 2 amide bonds. The van der Waals surface area contributed by atoms with Gasteiger partial charge in [0.1, 0.15) is 11.2 Å². The second kappa shape index (κ2) is 7.97. The van der Waals surface area contributed by atoms with Gasteiger partial charge in [-0.1, -0.05) is 12.2 Å². The van der Waals surface area contributed by atoms with Gasteiger partial charge in [0, 0.05) is 5.69 Å². The topological polar surface area (TPSA) is 82.1 Å². The van der Waals surface area contributed by atoms with Gasteiger partial charge in [-0.2, -0.15) is 4.90 Å². The normalized spacial score (nSPS) is 14.0. The van der Waals surface area contributed by atoms with Crippen LogP contribution < -0.4 is 8.18 Å². The molecular weight excluding hydrogens is 463 g/mol. The molecule has 1 aromatic rings. The number of nitrogens with zero attached hydrogens (tertiary/aromatic N) is 2. The minimum absolute atomic E-state index is 0.274. The van der Waals surface area contributed by atoms with E-state index in [9.17, 15) is 14.8 Å². The second-order valence-electron chi connectivity index (χ2n) is 7.87. The Kier molecular flexibility index (Phi) is 6.31. The van der Waals surface area contributed by atoms with E-state index in [1.807, 2.05) is 4.01 Å². The highest BCUT2D eigenvalue weighted by atomic mass is 127. The maximum Gasteiger partial charge on any atom is 0.424 e. The van der Waals surface area contributed by atoms with Crippen molar-refractivity contribution in [2.75, 3.05) is 8.18 Å². The molecule has 0 aliphatic carbocycles. The highest BCUT2D eigenvalue weighted by molar-refractivity contribution is 14.2. The summed E-state index contributed by atoms with van der Waals surface area (Å²) >= 11 is -0.785. The van der Waals surface area contributed by atoms with E-state index in [0.717, 1.165) is 8.18 Å². The minimum Gasteiger partial charge on any atom is -0.750 e. The molecule has 1 aliphatic rings. The first kappa shape index (κ1) is 21.4. The number of anilines is 2. The maximum atomic E-state index is 12.7. The predicted octanol–water partition coefficient (Wildman–Crippen LogP) is 5.38. The van der Waals surface area contributed by atoms with Crippen LogP contribution in [0.2, 0.25) is 0 Å². The zero-order valence-electron chi connectivity index (χ0n) is 16.3. The number of fused-ring (bicyclic) bond motifs is 1. The van der Waals surface area contributed by atoms with Crippen LogP contribution in [0.3, 0.4) is 0 Å². The Hall–Kier alpha value is -1.94. The van der Waals surface area contributed by atoms with E-state index < -0.39 is 44.4 Å². The number of benzene rings is 1. The van der Waals surface area contributed by atoms with Crippen LogP contribution in [0.4, 0.5) is 21.0 Å². The summed E-state index contributed by atoms with van der Waals surface area (Å²) in [5, 5.41) is 12.1. The summed E-state index contributed by atoms with van der Waals surface area (Å²) in [4.78, 5) is 26.2. The second-order valence-corrected chi connectivity index (χ2v) is 10.0. The zero-order valence-corrected chi connectivity index (χ0v) is 18.4. The molecule has 1 aromatic carbocycles.